The Hall–Kier alpha value is -2.89. The lowest BCUT2D eigenvalue weighted by Gasteiger charge is -2.34. The molecule has 0 saturated carbocycles. The number of anilines is 1. The average Bonchev–Trinajstić information content (AvgIpc) is 2.99. The molecule has 9 heteroatoms. The summed E-state index contributed by atoms with van der Waals surface area (Å²) in [7, 11) is 0. The quantitative estimate of drug-likeness (QED) is 0.731. The fourth-order valence-corrected chi connectivity index (χ4v) is 3.98. The Morgan fingerprint density at radius 3 is 2.42 bits per heavy atom. The van der Waals surface area contributed by atoms with Gasteiger partial charge >= 0.3 is 12.3 Å². The van der Waals surface area contributed by atoms with E-state index >= 15 is 0 Å². The molecule has 2 heterocycles. The lowest BCUT2D eigenvalue weighted by Crippen LogP contribution is -2.46. The molecule has 0 atom stereocenters. The number of nitrogens with one attached hydrogen (secondary N) is 1. The summed E-state index contributed by atoms with van der Waals surface area (Å²) < 4.78 is 46.7. The molecule has 168 valence electrons. The Kier molecular flexibility index (Phi) is 6.12. The number of carbonyl (C=O) groups is 1. The third kappa shape index (κ3) is 4.89. The van der Waals surface area contributed by atoms with Crippen LogP contribution in [0.2, 0.25) is 0 Å². The van der Waals surface area contributed by atoms with Crippen LogP contribution in [0.3, 0.4) is 0 Å². The van der Waals surface area contributed by atoms with Gasteiger partial charge in [0.2, 0.25) is 0 Å². The number of nitriles is 1. The van der Waals surface area contributed by atoms with Gasteiger partial charge in [-0.3, -0.25) is 0 Å². The number of ether oxygens (including phenoxy) is 1. The van der Waals surface area contributed by atoms with E-state index in [4.69, 9.17) is 4.74 Å². The van der Waals surface area contributed by atoms with Gasteiger partial charge in [-0.05, 0) is 52.7 Å². The molecule has 31 heavy (non-hydrogen) atoms. The monoisotopic (exact) mass is 436 g/mol. The van der Waals surface area contributed by atoms with Crippen LogP contribution in [0.4, 0.5) is 23.8 Å². The van der Waals surface area contributed by atoms with Gasteiger partial charge < -0.3 is 19.5 Å². The van der Waals surface area contributed by atoms with Crippen molar-refractivity contribution in [2.75, 3.05) is 18.0 Å². The predicted molar refractivity (Wildman–Crippen MR) is 112 cm³/mol. The van der Waals surface area contributed by atoms with Gasteiger partial charge in [0.15, 0.2) is 0 Å². The molecule has 2 aromatic rings. The standard InChI is InChI=1S/C22H27F3N4O2/c1-5-29-18-12-14(22(23,24)25)6-7-16(18)17(13-26)19(29)28-10-8-15(9-11-28)27-20(30)31-21(2,3)4/h6-7,12,15H,5,8-11H2,1-4H3,(H,27,30). The summed E-state index contributed by atoms with van der Waals surface area (Å²) in [5.41, 5.74) is -0.533. The van der Waals surface area contributed by atoms with Gasteiger partial charge in [0.1, 0.15) is 23.1 Å². The second-order valence-electron chi connectivity index (χ2n) is 8.69. The molecular formula is C22H27F3N4O2. The highest BCUT2D eigenvalue weighted by molar-refractivity contribution is 5.93. The number of hydrogen-bond acceptors (Lipinski definition) is 4. The van der Waals surface area contributed by atoms with Crippen molar-refractivity contribution in [2.45, 2.75) is 64.9 Å². The van der Waals surface area contributed by atoms with Crippen molar-refractivity contribution in [3.05, 3.63) is 29.3 Å². The van der Waals surface area contributed by atoms with E-state index in [0.29, 0.717) is 54.8 Å². The summed E-state index contributed by atoms with van der Waals surface area (Å²) in [6.07, 6.45) is -3.63. The Morgan fingerprint density at radius 1 is 1.26 bits per heavy atom. The van der Waals surface area contributed by atoms with Crippen LogP contribution in [0, 0.1) is 11.3 Å². The Labute approximate surface area is 179 Å². The number of benzene rings is 1. The number of aryl methyl sites for hydroxylation is 1. The fourth-order valence-electron chi connectivity index (χ4n) is 3.98. The minimum Gasteiger partial charge on any atom is -0.444 e. The van der Waals surface area contributed by atoms with Gasteiger partial charge in [0, 0.05) is 31.1 Å². The zero-order valence-corrected chi connectivity index (χ0v) is 18.1. The van der Waals surface area contributed by atoms with Crippen LogP contribution < -0.4 is 10.2 Å². The summed E-state index contributed by atoms with van der Waals surface area (Å²) in [6, 6.07) is 5.63. The number of piperidine rings is 1. The van der Waals surface area contributed by atoms with E-state index in [1.54, 1.807) is 25.3 Å². The minimum absolute atomic E-state index is 0.0621. The maximum Gasteiger partial charge on any atom is 0.416 e. The number of rotatable bonds is 3. The van der Waals surface area contributed by atoms with Crippen LogP contribution in [0.5, 0.6) is 0 Å². The van der Waals surface area contributed by atoms with Crippen LogP contribution in [0.15, 0.2) is 18.2 Å². The summed E-state index contributed by atoms with van der Waals surface area (Å²) >= 11 is 0. The molecule has 0 unspecified atom stereocenters. The first-order valence-electron chi connectivity index (χ1n) is 10.3. The van der Waals surface area contributed by atoms with Gasteiger partial charge in [0.25, 0.3) is 0 Å². The maximum atomic E-state index is 13.2. The number of aromatic nitrogens is 1. The van der Waals surface area contributed by atoms with E-state index in [1.807, 2.05) is 11.8 Å². The van der Waals surface area contributed by atoms with Gasteiger partial charge in [-0.25, -0.2) is 4.79 Å². The number of nitrogens with zero attached hydrogens (tertiary/aromatic N) is 3. The zero-order chi connectivity index (χ0) is 23.0. The number of hydrogen-bond donors (Lipinski definition) is 1. The van der Waals surface area contributed by atoms with Gasteiger partial charge in [-0.2, -0.15) is 18.4 Å². The molecule has 0 radical (unpaired) electrons. The largest absolute Gasteiger partial charge is 0.444 e. The summed E-state index contributed by atoms with van der Waals surface area (Å²) in [5, 5.41) is 13.2. The number of halogens is 3. The average molecular weight is 436 g/mol. The lowest BCUT2D eigenvalue weighted by atomic mass is 10.0. The SMILES string of the molecule is CCn1c(N2CCC(NC(=O)OC(C)(C)C)CC2)c(C#N)c2ccc(C(F)(F)F)cc21. The van der Waals surface area contributed by atoms with E-state index in [2.05, 4.69) is 11.4 Å². The highest BCUT2D eigenvalue weighted by atomic mass is 19.4. The first-order chi connectivity index (χ1) is 14.4. The fraction of sp³-hybridized carbons (Fsp3) is 0.545. The van der Waals surface area contributed by atoms with Gasteiger partial charge in [0.05, 0.1) is 11.1 Å². The molecule has 1 N–H and O–H groups in total. The summed E-state index contributed by atoms with van der Waals surface area (Å²) in [4.78, 5) is 14.0. The molecule has 0 aliphatic carbocycles. The van der Waals surface area contributed by atoms with Crippen LogP contribution in [0.25, 0.3) is 10.9 Å². The second kappa shape index (κ2) is 8.33. The molecule has 3 rings (SSSR count). The van der Waals surface area contributed by atoms with Crippen LogP contribution >= 0.6 is 0 Å². The zero-order valence-electron chi connectivity index (χ0n) is 18.1. The van der Waals surface area contributed by atoms with Crippen LogP contribution in [-0.4, -0.2) is 35.4 Å². The highest BCUT2D eigenvalue weighted by Gasteiger charge is 2.33. The Bertz CT molecular complexity index is 1010. The van der Waals surface area contributed by atoms with Crippen molar-refractivity contribution < 1.29 is 22.7 Å². The number of alkyl carbamates (subject to hydrolysis) is 1. The second-order valence-corrected chi connectivity index (χ2v) is 8.69. The third-order valence-electron chi connectivity index (χ3n) is 5.31. The molecule has 6 nitrogen and oxygen atoms in total. The predicted octanol–water partition coefficient (Wildman–Crippen LogP) is 5.05. The lowest BCUT2D eigenvalue weighted by molar-refractivity contribution is -0.137. The van der Waals surface area contributed by atoms with E-state index in [9.17, 15) is 23.2 Å². The molecule has 1 aromatic carbocycles. The molecular weight excluding hydrogens is 409 g/mol. The molecule has 1 aromatic heterocycles. The van der Waals surface area contributed by atoms with Crippen LogP contribution in [-0.2, 0) is 17.5 Å². The molecule has 1 aliphatic heterocycles. The molecule has 0 spiro atoms. The van der Waals surface area contributed by atoms with E-state index in [0.717, 1.165) is 12.1 Å². The first-order valence-corrected chi connectivity index (χ1v) is 10.3. The van der Waals surface area contributed by atoms with E-state index < -0.39 is 23.4 Å². The Balaban J connectivity index is 1.85. The van der Waals surface area contributed by atoms with E-state index in [1.165, 1.54) is 6.07 Å². The maximum absolute atomic E-state index is 13.2. The number of fused-ring (bicyclic) bond motifs is 1. The summed E-state index contributed by atoms with van der Waals surface area (Å²) in [6.45, 7) is 8.81. The van der Waals surface area contributed by atoms with Crippen molar-refractivity contribution in [3.63, 3.8) is 0 Å². The van der Waals surface area contributed by atoms with Crippen molar-refractivity contribution in [3.8, 4) is 6.07 Å². The highest BCUT2D eigenvalue weighted by Crippen LogP contribution is 2.37. The van der Waals surface area contributed by atoms with Crippen LogP contribution in [0.1, 0.15) is 51.7 Å². The van der Waals surface area contributed by atoms with E-state index in [-0.39, 0.29) is 6.04 Å². The number of alkyl halides is 3. The molecule has 1 amide bonds. The third-order valence-corrected chi connectivity index (χ3v) is 5.31. The van der Waals surface area contributed by atoms with Crippen molar-refractivity contribution in [1.29, 1.82) is 5.26 Å². The molecule has 1 fully saturated rings. The summed E-state index contributed by atoms with van der Waals surface area (Å²) in [5.74, 6) is 0.634. The number of carbonyl (C=O) groups excluding carboxylic acids is 1. The topological polar surface area (TPSA) is 70.3 Å². The first kappa shape index (κ1) is 22.8. The molecule has 0 bridgehead atoms. The number of amides is 1. The van der Waals surface area contributed by atoms with Gasteiger partial charge in [-0.15, -0.1) is 0 Å². The Morgan fingerprint density at radius 2 is 1.90 bits per heavy atom. The van der Waals surface area contributed by atoms with Crippen molar-refractivity contribution in [1.82, 2.24) is 9.88 Å². The molecule has 1 saturated heterocycles. The van der Waals surface area contributed by atoms with Crippen molar-refractivity contribution in [2.24, 2.45) is 0 Å². The minimum atomic E-state index is -4.45. The smallest absolute Gasteiger partial charge is 0.416 e. The van der Waals surface area contributed by atoms with Crippen molar-refractivity contribution >= 4 is 22.8 Å². The normalized spacial score (nSPS) is 15.7. The van der Waals surface area contributed by atoms with Gasteiger partial charge in [-0.1, -0.05) is 6.07 Å². The molecule has 1 aliphatic rings.